The molecule has 2 aliphatic rings. The van der Waals surface area contributed by atoms with Crippen LogP contribution in [0.3, 0.4) is 0 Å². The van der Waals surface area contributed by atoms with E-state index in [0.717, 1.165) is 43.0 Å². The molecule has 2 fully saturated rings. The average molecular weight is 403 g/mol. The number of β-amino-alcohol motifs (C(OH)–C–C–N with tert-alkyl or cyclic N) is 1. The number of aromatic nitrogens is 3. The zero-order valence-corrected chi connectivity index (χ0v) is 17.2. The summed E-state index contributed by atoms with van der Waals surface area (Å²) in [6, 6.07) is 10.3. The van der Waals surface area contributed by atoms with Crippen molar-refractivity contribution in [2.24, 2.45) is 0 Å². The van der Waals surface area contributed by atoms with Gasteiger partial charge in [0.05, 0.1) is 25.0 Å². The van der Waals surface area contributed by atoms with Gasteiger partial charge in [-0.15, -0.1) is 5.10 Å². The van der Waals surface area contributed by atoms with Gasteiger partial charge in [0, 0.05) is 31.3 Å². The fourth-order valence-corrected chi connectivity index (χ4v) is 4.80. The summed E-state index contributed by atoms with van der Waals surface area (Å²) in [5.41, 5.74) is 1.07. The summed E-state index contributed by atoms with van der Waals surface area (Å²) in [7, 11) is 0. The molecule has 0 unspecified atom stereocenters. The normalized spacial score (nSPS) is 20.3. The topological polar surface area (TPSA) is 63.4 Å². The minimum Gasteiger partial charge on any atom is -0.391 e. The molecule has 2 heterocycles. The number of nitrogens with zero attached hydrogens (tertiary/aromatic N) is 4. The van der Waals surface area contributed by atoms with E-state index < -0.39 is 0 Å². The molecule has 1 atom stereocenters. The van der Waals surface area contributed by atoms with Gasteiger partial charge in [-0.25, -0.2) is 9.67 Å². The molecule has 0 amide bonds. The lowest BCUT2D eigenvalue weighted by molar-refractivity contribution is 0.0188. The SMILES string of the molecule is O[C@@H](CSc1nc(C2CCCCC2)n(-c2ccccc2)n1)CN1CCOCC1. The standard InChI is InChI=1S/C21H30N4O2S/c26-19(15-24-11-13-27-14-12-24)16-28-21-22-20(17-7-3-1-4-8-17)25(23-21)18-9-5-2-6-10-18/h2,5-6,9-10,17,19,26H,1,3-4,7-8,11-16H2/t19-/m1/s1. The first-order valence-corrected chi connectivity index (χ1v) is 11.4. The van der Waals surface area contributed by atoms with E-state index >= 15 is 0 Å². The molecule has 0 spiro atoms. The van der Waals surface area contributed by atoms with E-state index in [2.05, 4.69) is 17.0 Å². The van der Waals surface area contributed by atoms with Crippen LogP contribution < -0.4 is 0 Å². The molecule has 2 aromatic rings. The maximum Gasteiger partial charge on any atom is 0.209 e. The van der Waals surface area contributed by atoms with Gasteiger partial charge in [0.1, 0.15) is 5.82 Å². The molecule has 6 nitrogen and oxygen atoms in total. The minimum atomic E-state index is -0.384. The van der Waals surface area contributed by atoms with E-state index in [1.54, 1.807) is 11.8 Å². The molecule has 1 saturated heterocycles. The molecular formula is C21H30N4O2S. The van der Waals surface area contributed by atoms with E-state index in [0.29, 0.717) is 18.2 Å². The number of hydrogen-bond acceptors (Lipinski definition) is 6. The molecule has 28 heavy (non-hydrogen) atoms. The monoisotopic (exact) mass is 402 g/mol. The maximum atomic E-state index is 10.4. The van der Waals surface area contributed by atoms with Gasteiger partial charge in [0.2, 0.25) is 5.16 Å². The van der Waals surface area contributed by atoms with Crippen LogP contribution in [0.15, 0.2) is 35.5 Å². The smallest absolute Gasteiger partial charge is 0.209 e. The Morgan fingerprint density at radius 2 is 1.86 bits per heavy atom. The van der Waals surface area contributed by atoms with Gasteiger partial charge in [0.15, 0.2) is 0 Å². The molecule has 1 aliphatic carbocycles. The molecule has 0 radical (unpaired) electrons. The predicted molar refractivity (Wildman–Crippen MR) is 111 cm³/mol. The third-order valence-electron chi connectivity index (χ3n) is 5.56. The highest BCUT2D eigenvalue weighted by atomic mass is 32.2. The number of hydrogen-bond donors (Lipinski definition) is 1. The van der Waals surface area contributed by atoms with Gasteiger partial charge in [-0.3, -0.25) is 4.90 Å². The molecule has 0 bridgehead atoms. The highest BCUT2D eigenvalue weighted by molar-refractivity contribution is 7.99. The van der Waals surface area contributed by atoms with Crippen molar-refractivity contribution < 1.29 is 9.84 Å². The number of benzene rings is 1. The molecule has 7 heteroatoms. The highest BCUT2D eigenvalue weighted by Gasteiger charge is 2.24. The molecule has 1 N–H and O–H groups in total. The van der Waals surface area contributed by atoms with Crippen molar-refractivity contribution in [2.45, 2.75) is 49.3 Å². The van der Waals surface area contributed by atoms with Crippen LogP contribution in [0.25, 0.3) is 5.69 Å². The first kappa shape index (κ1) is 19.9. The van der Waals surface area contributed by atoms with Crippen molar-refractivity contribution in [3.8, 4) is 5.69 Å². The quantitative estimate of drug-likeness (QED) is 0.718. The predicted octanol–water partition coefficient (Wildman–Crippen LogP) is 3.10. The van der Waals surface area contributed by atoms with Gasteiger partial charge >= 0.3 is 0 Å². The van der Waals surface area contributed by atoms with Crippen LogP contribution in [-0.2, 0) is 4.74 Å². The van der Waals surface area contributed by atoms with Gasteiger partial charge in [0.25, 0.3) is 0 Å². The fourth-order valence-electron chi connectivity index (χ4n) is 4.06. The van der Waals surface area contributed by atoms with Gasteiger partial charge in [-0.2, -0.15) is 0 Å². The Hall–Kier alpha value is -1.41. The summed E-state index contributed by atoms with van der Waals surface area (Å²) in [6.45, 7) is 4.00. The summed E-state index contributed by atoms with van der Waals surface area (Å²) in [5, 5.41) is 16.0. The van der Waals surface area contributed by atoms with Crippen molar-refractivity contribution >= 4 is 11.8 Å². The lowest BCUT2D eigenvalue weighted by atomic mass is 9.88. The third kappa shape index (κ3) is 5.14. The van der Waals surface area contributed by atoms with Gasteiger partial charge in [-0.05, 0) is 25.0 Å². The Morgan fingerprint density at radius 3 is 2.61 bits per heavy atom. The second-order valence-corrected chi connectivity index (χ2v) is 8.70. The van der Waals surface area contributed by atoms with E-state index in [1.165, 1.54) is 32.1 Å². The molecular weight excluding hydrogens is 372 g/mol. The molecule has 1 aromatic heterocycles. The van der Waals surface area contributed by atoms with Crippen molar-refractivity contribution in [1.82, 2.24) is 19.7 Å². The Bertz CT molecular complexity index is 727. The first-order chi connectivity index (χ1) is 13.8. The van der Waals surface area contributed by atoms with E-state index in [4.69, 9.17) is 14.8 Å². The van der Waals surface area contributed by atoms with Crippen LogP contribution in [0.2, 0.25) is 0 Å². The van der Waals surface area contributed by atoms with Crippen LogP contribution in [-0.4, -0.2) is 69.5 Å². The van der Waals surface area contributed by atoms with E-state index in [1.807, 2.05) is 22.9 Å². The first-order valence-electron chi connectivity index (χ1n) is 10.4. The summed E-state index contributed by atoms with van der Waals surface area (Å²) in [4.78, 5) is 7.16. The Balaban J connectivity index is 1.44. The molecule has 1 aliphatic heterocycles. The van der Waals surface area contributed by atoms with Crippen LogP contribution in [0, 0.1) is 0 Å². The molecule has 152 valence electrons. The number of aliphatic hydroxyl groups is 1. The van der Waals surface area contributed by atoms with E-state index in [-0.39, 0.29) is 6.10 Å². The molecule has 1 aromatic carbocycles. The van der Waals surface area contributed by atoms with Crippen molar-refractivity contribution in [3.63, 3.8) is 0 Å². The molecule has 1 saturated carbocycles. The van der Waals surface area contributed by atoms with Crippen molar-refractivity contribution in [1.29, 1.82) is 0 Å². The van der Waals surface area contributed by atoms with Crippen molar-refractivity contribution in [3.05, 3.63) is 36.2 Å². The molecule has 4 rings (SSSR count). The number of para-hydroxylation sites is 1. The van der Waals surface area contributed by atoms with Gasteiger partial charge in [-0.1, -0.05) is 49.2 Å². The lowest BCUT2D eigenvalue weighted by Crippen LogP contribution is -2.41. The number of thioether (sulfide) groups is 1. The largest absolute Gasteiger partial charge is 0.391 e. The Kier molecular flexibility index (Phi) is 7.01. The summed E-state index contributed by atoms with van der Waals surface area (Å²) in [6.07, 6.45) is 5.86. The summed E-state index contributed by atoms with van der Waals surface area (Å²) in [5.74, 6) is 2.17. The fraction of sp³-hybridized carbons (Fsp3) is 0.619. The maximum absolute atomic E-state index is 10.4. The number of ether oxygens (including phenoxy) is 1. The average Bonchev–Trinajstić information content (AvgIpc) is 3.19. The zero-order valence-electron chi connectivity index (χ0n) is 16.4. The third-order valence-corrected chi connectivity index (χ3v) is 6.54. The van der Waals surface area contributed by atoms with Crippen LogP contribution >= 0.6 is 11.8 Å². The Morgan fingerprint density at radius 1 is 1.11 bits per heavy atom. The zero-order chi connectivity index (χ0) is 19.2. The van der Waals surface area contributed by atoms with Crippen LogP contribution in [0.1, 0.15) is 43.8 Å². The lowest BCUT2D eigenvalue weighted by Gasteiger charge is -2.28. The second kappa shape index (κ2) is 9.87. The van der Waals surface area contributed by atoms with Crippen molar-refractivity contribution in [2.75, 3.05) is 38.6 Å². The number of morpholine rings is 1. The minimum absolute atomic E-state index is 0.384. The van der Waals surface area contributed by atoms with Gasteiger partial charge < -0.3 is 9.84 Å². The summed E-state index contributed by atoms with van der Waals surface area (Å²) < 4.78 is 7.40. The van der Waals surface area contributed by atoms with E-state index in [9.17, 15) is 5.11 Å². The highest BCUT2D eigenvalue weighted by Crippen LogP contribution is 2.33. The number of rotatable bonds is 7. The Labute approximate surface area is 171 Å². The van der Waals surface area contributed by atoms with Crippen LogP contribution in [0.4, 0.5) is 0 Å². The van der Waals surface area contributed by atoms with Crippen LogP contribution in [0.5, 0.6) is 0 Å². The summed E-state index contributed by atoms with van der Waals surface area (Å²) >= 11 is 1.56. The number of aliphatic hydroxyl groups excluding tert-OH is 1. The second-order valence-electron chi connectivity index (χ2n) is 7.71.